The van der Waals surface area contributed by atoms with Crippen LogP contribution in [0.4, 0.5) is 0 Å². The van der Waals surface area contributed by atoms with Crippen molar-refractivity contribution in [3.63, 3.8) is 0 Å². The smallest absolute Gasteiger partial charge is 0.143 e. The quantitative estimate of drug-likeness (QED) is 0.894. The maximum Gasteiger partial charge on any atom is 0.143 e. The number of fused-ring (bicyclic) bond motifs is 1. The normalized spacial score (nSPS) is 11.5. The van der Waals surface area contributed by atoms with Crippen LogP contribution in [0.2, 0.25) is 0 Å². The average Bonchev–Trinajstić information content (AvgIpc) is 2.65. The van der Waals surface area contributed by atoms with Crippen LogP contribution < -0.4 is 10.1 Å². The van der Waals surface area contributed by atoms with Crippen molar-refractivity contribution in [1.82, 2.24) is 9.88 Å². The molecular weight excluding hydrogens is 236 g/mol. The van der Waals surface area contributed by atoms with E-state index in [4.69, 9.17) is 4.74 Å². The molecule has 3 heteroatoms. The molecule has 0 unspecified atom stereocenters. The minimum Gasteiger partial charge on any atom is -0.495 e. The Hall–Kier alpha value is -1.48. The highest BCUT2D eigenvalue weighted by atomic mass is 16.5. The summed E-state index contributed by atoms with van der Waals surface area (Å²) in [5.41, 5.74) is 3.81. The fraction of sp³-hybridized carbons (Fsp3) is 0.500. The summed E-state index contributed by atoms with van der Waals surface area (Å²) < 4.78 is 7.67. The predicted octanol–water partition coefficient (Wildman–Crippen LogP) is 3.04. The van der Waals surface area contributed by atoms with E-state index in [2.05, 4.69) is 56.0 Å². The van der Waals surface area contributed by atoms with Crippen molar-refractivity contribution in [2.24, 2.45) is 7.05 Å². The molecule has 0 radical (unpaired) electrons. The number of methoxy groups -OCH3 is 1. The van der Waals surface area contributed by atoms with E-state index >= 15 is 0 Å². The Kier molecular flexibility index (Phi) is 4.15. The summed E-state index contributed by atoms with van der Waals surface area (Å²) in [7, 11) is 3.82. The second kappa shape index (κ2) is 5.66. The highest BCUT2D eigenvalue weighted by Crippen LogP contribution is 2.31. The van der Waals surface area contributed by atoms with E-state index in [0.29, 0.717) is 6.04 Å². The van der Waals surface area contributed by atoms with Crippen LogP contribution >= 0.6 is 0 Å². The van der Waals surface area contributed by atoms with Gasteiger partial charge < -0.3 is 14.6 Å². The van der Waals surface area contributed by atoms with Gasteiger partial charge in [-0.3, -0.25) is 0 Å². The number of nitrogens with one attached hydrogen (secondary N) is 1. The number of nitrogens with zero attached hydrogens (tertiary/aromatic N) is 1. The lowest BCUT2D eigenvalue weighted by molar-refractivity contribution is 0.417. The molecule has 3 nitrogen and oxygen atoms in total. The van der Waals surface area contributed by atoms with Gasteiger partial charge in [0.2, 0.25) is 0 Å². The van der Waals surface area contributed by atoms with Crippen molar-refractivity contribution in [2.45, 2.75) is 33.2 Å². The van der Waals surface area contributed by atoms with Crippen molar-refractivity contribution in [3.05, 3.63) is 29.5 Å². The summed E-state index contributed by atoms with van der Waals surface area (Å²) in [4.78, 5) is 0. The van der Waals surface area contributed by atoms with Crippen molar-refractivity contribution in [3.8, 4) is 5.75 Å². The van der Waals surface area contributed by atoms with Gasteiger partial charge in [-0.15, -0.1) is 0 Å². The van der Waals surface area contributed by atoms with Gasteiger partial charge in [-0.2, -0.15) is 0 Å². The summed E-state index contributed by atoms with van der Waals surface area (Å²) in [5, 5.41) is 4.78. The largest absolute Gasteiger partial charge is 0.495 e. The molecule has 0 aliphatic rings. The molecule has 1 aromatic carbocycles. The van der Waals surface area contributed by atoms with Crippen molar-refractivity contribution in [1.29, 1.82) is 0 Å². The van der Waals surface area contributed by atoms with Crippen molar-refractivity contribution >= 4 is 10.9 Å². The maximum atomic E-state index is 5.51. The molecule has 0 amide bonds. The van der Waals surface area contributed by atoms with Crippen LogP contribution in [-0.2, 0) is 13.5 Å². The lowest BCUT2D eigenvalue weighted by Crippen LogP contribution is -2.24. The molecule has 1 N–H and O–H groups in total. The van der Waals surface area contributed by atoms with E-state index < -0.39 is 0 Å². The number of aromatic nitrogens is 1. The molecule has 0 atom stereocenters. The maximum absolute atomic E-state index is 5.51. The highest BCUT2D eigenvalue weighted by Gasteiger charge is 2.11. The second-order valence-corrected chi connectivity index (χ2v) is 5.49. The van der Waals surface area contributed by atoms with E-state index in [1.54, 1.807) is 7.11 Å². The van der Waals surface area contributed by atoms with Gasteiger partial charge in [-0.25, -0.2) is 0 Å². The molecule has 0 aliphatic heterocycles. The van der Waals surface area contributed by atoms with Crippen LogP contribution in [0.5, 0.6) is 5.75 Å². The Balaban J connectivity index is 2.37. The molecule has 2 aromatic rings. The lowest BCUT2D eigenvalue weighted by Gasteiger charge is -2.08. The van der Waals surface area contributed by atoms with Gasteiger partial charge in [-0.05, 0) is 43.1 Å². The van der Waals surface area contributed by atoms with Gasteiger partial charge in [0.15, 0.2) is 0 Å². The van der Waals surface area contributed by atoms with Crippen LogP contribution in [0.3, 0.4) is 0 Å². The van der Waals surface area contributed by atoms with Crippen molar-refractivity contribution in [2.75, 3.05) is 13.7 Å². The number of ether oxygens (including phenoxy) is 1. The minimum absolute atomic E-state index is 0.534. The molecule has 0 saturated heterocycles. The lowest BCUT2D eigenvalue weighted by atomic mass is 10.1. The highest BCUT2D eigenvalue weighted by molar-refractivity contribution is 5.90. The Morgan fingerprint density at radius 1 is 1.32 bits per heavy atom. The predicted molar refractivity (Wildman–Crippen MR) is 81.1 cm³/mol. The zero-order chi connectivity index (χ0) is 14.0. The first-order valence-electron chi connectivity index (χ1n) is 6.89. The molecule has 2 rings (SSSR count). The van der Waals surface area contributed by atoms with Crippen LogP contribution in [0.15, 0.2) is 18.3 Å². The Labute approximate surface area is 115 Å². The SMILES string of the molecule is COc1cc(C)cc2c(CCNC(C)C)cn(C)c12. The van der Waals surface area contributed by atoms with Gasteiger partial charge in [0.05, 0.1) is 12.6 Å². The third kappa shape index (κ3) is 2.92. The van der Waals surface area contributed by atoms with Crippen molar-refractivity contribution < 1.29 is 4.74 Å². The zero-order valence-corrected chi connectivity index (χ0v) is 12.6. The van der Waals surface area contributed by atoms with Crippen LogP contribution in [-0.4, -0.2) is 24.3 Å². The number of benzene rings is 1. The Morgan fingerprint density at radius 3 is 2.68 bits per heavy atom. The topological polar surface area (TPSA) is 26.2 Å². The first kappa shape index (κ1) is 13.9. The Morgan fingerprint density at radius 2 is 2.05 bits per heavy atom. The molecule has 104 valence electrons. The van der Waals surface area contributed by atoms with Gasteiger partial charge in [0, 0.05) is 24.7 Å². The summed E-state index contributed by atoms with van der Waals surface area (Å²) >= 11 is 0. The fourth-order valence-electron chi connectivity index (χ4n) is 2.57. The standard InChI is InChI=1S/C16H24N2O/c1-11(2)17-7-6-13-10-18(4)16-14(13)8-12(3)9-15(16)19-5/h8-11,17H,6-7H2,1-5H3. The first-order chi connectivity index (χ1) is 9.02. The summed E-state index contributed by atoms with van der Waals surface area (Å²) in [6.07, 6.45) is 3.26. The van der Waals surface area contributed by atoms with E-state index in [9.17, 15) is 0 Å². The van der Waals surface area contributed by atoms with E-state index in [0.717, 1.165) is 18.7 Å². The summed E-state index contributed by atoms with van der Waals surface area (Å²) in [5.74, 6) is 0.959. The third-order valence-electron chi connectivity index (χ3n) is 3.43. The van der Waals surface area contributed by atoms with E-state index in [1.165, 1.54) is 22.0 Å². The zero-order valence-electron chi connectivity index (χ0n) is 12.6. The molecule has 1 aromatic heterocycles. The third-order valence-corrected chi connectivity index (χ3v) is 3.43. The van der Waals surface area contributed by atoms with Crippen LogP contribution in [0.1, 0.15) is 25.0 Å². The van der Waals surface area contributed by atoms with E-state index in [-0.39, 0.29) is 0 Å². The molecular formula is C16H24N2O. The molecule has 0 fully saturated rings. The van der Waals surface area contributed by atoms with Gasteiger partial charge in [0.25, 0.3) is 0 Å². The fourth-order valence-corrected chi connectivity index (χ4v) is 2.57. The molecule has 0 aliphatic carbocycles. The van der Waals surface area contributed by atoms with Gasteiger partial charge in [-0.1, -0.05) is 13.8 Å². The summed E-state index contributed by atoms with van der Waals surface area (Å²) in [6, 6.07) is 4.88. The van der Waals surface area contributed by atoms with Gasteiger partial charge >= 0.3 is 0 Å². The minimum atomic E-state index is 0.534. The Bertz CT molecular complexity index is 570. The molecule has 1 heterocycles. The number of aryl methyl sites for hydroxylation is 2. The molecule has 0 spiro atoms. The molecule has 19 heavy (non-hydrogen) atoms. The molecule has 0 bridgehead atoms. The number of hydrogen-bond acceptors (Lipinski definition) is 2. The number of rotatable bonds is 5. The van der Waals surface area contributed by atoms with Crippen LogP contribution in [0.25, 0.3) is 10.9 Å². The number of hydrogen-bond donors (Lipinski definition) is 1. The molecule has 0 saturated carbocycles. The summed E-state index contributed by atoms with van der Waals surface area (Å²) in [6.45, 7) is 7.48. The van der Waals surface area contributed by atoms with Crippen LogP contribution in [0, 0.1) is 6.92 Å². The average molecular weight is 260 g/mol. The monoisotopic (exact) mass is 260 g/mol. The van der Waals surface area contributed by atoms with Gasteiger partial charge in [0.1, 0.15) is 5.75 Å². The first-order valence-corrected chi connectivity index (χ1v) is 6.89. The second-order valence-electron chi connectivity index (χ2n) is 5.49. The van der Waals surface area contributed by atoms with E-state index in [1.807, 2.05) is 0 Å².